The van der Waals surface area contributed by atoms with E-state index in [1.807, 2.05) is 0 Å². The first-order valence-corrected chi connectivity index (χ1v) is 2.82. The van der Waals surface area contributed by atoms with Crippen LogP contribution in [0, 0.1) is 0 Å². The summed E-state index contributed by atoms with van der Waals surface area (Å²) in [6, 6.07) is 0. The van der Waals surface area contributed by atoms with Gasteiger partial charge in [0.25, 0.3) is 0 Å². The van der Waals surface area contributed by atoms with Gasteiger partial charge in [0, 0.05) is 0 Å². The third-order valence-corrected chi connectivity index (χ3v) is 1.35. The van der Waals surface area contributed by atoms with Crippen molar-refractivity contribution in [1.29, 1.82) is 0 Å². The van der Waals surface area contributed by atoms with Crippen LogP contribution in [0.3, 0.4) is 0 Å². The Balaban J connectivity index is 2.98. The Bertz CT molecular complexity index is 233. The first-order valence-electron chi connectivity index (χ1n) is 2.00. The van der Waals surface area contributed by atoms with Crippen LogP contribution >= 0.6 is 11.3 Å². The molecule has 1 rings (SSSR count). The highest BCUT2D eigenvalue weighted by Gasteiger charge is 1.98. The summed E-state index contributed by atoms with van der Waals surface area (Å²) < 4.78 is 0. The molecule has 9 heavy (non-hydrogen) atoms. The quantitative estimate of drug-likeness (QED) is 0.517. The number of carboxylic acid groups (broad SMARTS) is 1. The number of carboxylic acids is 1. The Labute approximate surface area is 54.1 Å². The predicted molar refractivity (Wildman–Crippen MR) is 28.7 cm³/mol. The number of carbonyl (C=O) groups is 1. The molecule has 1 aromatic heterocycles. The normalized spacial score (nSPS) is 9.33. The molecule has 0 aliphatic carbocycles. The van der Waals surface area contributed by atoms with Crippen molar-refractivity contribution < 1.29 is 9.90 Å². The van der Waals surface area contributed by atoms with Crippen LogP contribution in [0.15, 0.2) is 0 Å². The van der Waals surface area contributed by atoms with Gasteiger partial charge < -0.3 is 15.6 Å². The Morgan fingerprint density at radius 3 is 2.56 bits per heavy atom. The lowest BCUT2D eigenvalue weighted by molar-refractivity contribution is -0.255. The fraction of sp³-hybridized carbons (Fsp3) is 0. The van der Waals surface area contributed by atoms with Crippen LogP contribution < -0.4 is 10.8 Å². The third-order valence-electron chi connectivity index (χ3n) is 0.615. The summed E-state index contributed by atoms with van der Waals surface area (Å²) in [4.78, 5) is 9.96. The summed E-state index contributed by atoms with van der Waals surface area (Å²) in [7, 11) is 0. The van der Waals surface area contributed by atoms with Gasteiger partial charge in [0.15, 0.2) is 5.01 Å². The minimum Gasteiger partial charge on any atom is -0.542 e. The van der Waals surface area contributed by atoms with Gasteiger partial charge in [-0.25, -0.2) is 0 Å². The molecule has 1 aromatic rings. The van der Waals surface area contributed by atoms with Gasteiger partial charge in [0.2, 0.25) is 5.13 Å². The van der Waals surface area contributed by atoms with Crippen molar-refractivity contribution in [1.82, 2.24) is 10.2 Å². The van der Waals surface area contributed by atoms with E-state index in [4.69, 9.17) is 5.73 Å². The molecule has 0 saturated carbocycles. The molecule has 0 aromatic carbocycles. The maximum atomic E-state index is 9.96. The van der Waals surface area contributed by atoms with Gasteiger partial charge >= 0.3 is 0 Å². The van der Waals surface area contributed by atoms with Crippen LogP contribution in [-0.4, -0.2) is 16.2 Å². The van der Waals surface area contributed by atoms with Gasteiger partial charge in [-0.1, -0.05) is 11.3 Å². The summed E-state index contributed by atoms with van der Waals surface area (Å²) >= 11 is 0.789. The number of nitrogen functional groups attached to an aromatic ring is 1. The first kappa shape index (κ1) is 5.96. The lowest BCUT2D eigenvalue weighted by Gasteiger charge is -1.88. The van der Waals surface area contributed by atoms with Crippen molar-refractivity contribution in [3.63, 3.8) is 0 Å². The van der Waals surface area contributed by atoms with E-state index < -0.39 is 5.97 Å². The number of carbonyl (C=O) groups excluding carboxylic acids is 1. The number of aromatic nitrogens is 2. The van der Waals surface area contributed by atoms with Gasteiger partial charge in [0.1, 0.15) is 5.97 Å². The average molecular weight is 144 g/mol. The van der Waals surface area contributed by atoms with Crippen molar-refractivity contribution in [2.45, 2.75) is 0 Å². The number of aromatic carboxylic acids is 1. The molecule has 2 N–H and O–H groups in total. The van der Waals surface area contributed by atoms with Crippen molar-refractivity contribution in [2.24, 2.45) is 0 Å². The van der Waals surface area contributed by atoms with E-state index in [-0.39, 0.29) is 10.1 Å². The predicted octanol–water partition coefficient (Wildman–Crippen LogP) is -1.52. The highest BCUT2D eigenvalue weighted by Crippen LogP contribution is 2.08. The zero-order chi connectivity index (χ0) is 6.85. The Kier molecular flexibility index (Phi) is 1.31. The van der Waals surface area contributed by atoms with Crippen LogP contribution in [0.5, 0.6) is 0 Å². The van der Waals surface area contributed by atoms with E-state index in [1.54, 1.807) is 0 Å². The molecule has 0 unspecified atom stereocenters. The largest absolute Gasteiger partial charge is 0.542 e. The van der Waals surface area contributed by atoms with Gasteiger partial charge in [-0.15, -0.1) is 10.2 Å². The zero-order valence-corrected chi connectivity index (χ0v) is 5.01. The molecule has 0 bridgehead atoms. The SMILES string of the molecule is Nc1nnc(C(=O)[O-])s1. The molecule has 0 atom stereocenters. The Hall–Kier alpha value is -1.17. The molecule has 0 aliphatic rings. The van der Waals surface area contributed by atoms with Crippen molar-refractivity contribution in [3.05, 3.63) is 5.01 Å². The second kappa shape index (κ2) is 1.98. The van der Waals surface area contributed by atoms with Crippen LogP contribution in [0.25, 0.3) is 0 Å². The smallest absolute Gasteiger partial charge is 0.203 e. The van der Waals surface area contributed by atoms with Crippen LogP contribution in [0.2, 0.25) is 0 Å². The van der Waals surface area contributed by atoms with Crippen molar-refractivity contribution in [2.75, 3.05) is 5.73 Å². The molecule has 0 aliphatic heterocycles. The Morgan fingerprint density at radius 1 is 1.67 bits per heavy atom. The van der Waals surface area contributed by atoms with Crippen LogP contribution in [0.1, 0.15) is 9.80 Å². The van der Waals surface area contributed by atoms with E-state index in [1.165, 1.54) is 0 Å². The molecule has 0 spiro atoms. The first-order chi connectivity index (χ1) is 4.20. The number of hydrogen-bond acceptors (Lipinski definition) is 6. The molecule has 0 amide bonds. The zero-order valence-electron chi connectivity index (χ0n) is 4.20. The molecule has 5 nitrogen and oxygen atoms in total. The van der Waals surface area contributed by atoms with Crippen LogP contribution in [-0.2, 0) is 0 Å². The number of anilines is 1. The lowest BCUT2D eigenvalue weighted by Crippen LogP contribution is -2.21. The number of rotatable bonds is 1. The van der Waals surface area contributed by atoms with Crippen LogP contribution in [0.4, 0.5) is 5.13 Å². The summed E-state index contributed by atoms with van der Waals surface area (Å²) in [6.07, 6.45) is 0. The topological polar surface area (TPSA) is 91.9 Å². The van der Waals surface area contributed by atoms with E-state index >= 15 is 0 Å². The molecule has 0 fully saturated rings. The van der Waals surface area contributed by atoms with Gasteiger partial charge in [0.05, 0.1) is 0 Å². The molecule has 0 saturated heterocycles. The highest BCUT2D eigenvalue weighted by atomic mass is 32.1. The lowest BCUT2D eigenvalue weighted by atomic mass is 10.7. The van der Waals surface area contributed by atoms with Gasteiger partial charge in [-0.05, 0) is 0 Å². The van der Waals surface area contributed by atoms with E-state index in [9.17, 15) is 9.90 Å². The second-order valence-electron chi connectivity index (χ2n) is 1.23. The Morgan fingerprint density at radius 2 is 2.33 bits per heavy atom. The molecule has 6 heteroatoms. The van der Waals surface area contributed by atoms with Crippen molar-refractivity contribution >= 4 is 22.4 Å². The number of nitrogens with two attached hydrogens (primary N) is 1. The number of hydrogen-bond donors (Lipinski definition) is 1. The van der Waals surface area contributed by atoms with Gasteiger partial charge in [-0.2, -0.15) is 0 Å². The fourth-order valence-electron chi connectivity index (χ4n) is 0.317. The molecule has 48 valence electrons. The monoisotopic (exact) mass is 144 g/mol. The summed E-state index contributed by atoms with van der Waals surface area (Å²) in [5.74, 6) is -1.34. The fourth-order valence-corrected chi connectivity index (χ4v) is 0.762. The molecule has 0 radical (unpaired) electrons. The standard InChI is InChI=1S/C3H3N3O2S/c4-3-6-5-1(9-3)2(7)8/h(H2,4,6)(H,7,8)/p-1. The van der Waals surface area contributed by atoms with Crippen molar-refractivity contribution in [3.8, 4) is 0 Å². The summed E-state index contributed by atoms with van der Waals surface area (Å²) in [5, 5.41) is 16.4. The summed E-state index contributed by atoms with van der Waals surface area (Å²) in [6.45, 7) is 0. The molecular weight excluding hydrogens is 142 g/mol. The highest BCUT2D eigenvalue weighted by molar-refractivity contribution is 7.16. The number of nitrogens with zero attached hydrogens (tertiary/aromatic N) is 2. The molecular formula is C3H2N3O2S-. The second-order valence-corrected chi connectivity index (χ2v) is 2.24. The minimum absolute atomic E-state index is 0.134. The molecule has 1 heterocycles. The summed E-state index contributed by atoms with van der Waals surface area (Å²) in [5.41, 5.74) is 5.07. The van der Waals surface area contributed by atoms with E-state index in [2.05, 4.69) is 10.2 Å². The van der Waals surface area contributed by atoms with E-state index in [0.29, 0.717) is 0 Å². The van der Waals surface area contributed by atoms with E-state index in [0.717, 1.165) is 11.3 Å². The maximum absolute atomic E-state index is 9.96. The average Bonchev–Trinajstić information content (AvgIpc) is 2.14. The van der Waals surface area contributed by atoms with Gasteiger partial charge in [-0.3, -0.25) is 0 Å². The maximum Gasteiger partial charge on any atom is 0.203 e. The minimum atomic E-state index is -1.34. The third kappa shape index (κ3) is 1.14.